The van der Waals surface area contributed by atoms with Gasteiger partial charge in [-0.15, -0.1) is 0 Å². The summed E-state index contributed by atoms with van der Waals surface area (Å²) in [6, 6.07) is 20.2. The molecule has 0 unspecified atom stereocenters. The first-order valence-corrected chi connectivity index (χ1v) is 9.49. The highest BCUT2D eigenvalue weighted by Gasteiger charge is 2.12. The Morgan fingerprint density at radius 1 is 1.04 bits per heavy atom. The molecule has 5 heteroatoms. The van der Waals surface area contributed by atoms with Crippen molar-refractivity contribution < 1.29 is 4.79 Å². The molecule has 0 radical (unpaired) electrons. The predicted octanol–water partition coefficient (Wildman–Crippen LogP) is 4.69. The molecule has 0 saturated heterocycles. The van der Waals surface area contributed by atoms with E-state index >= 15 is 0 Å². The number of nitrogens with zero attached hydrogens (tertiary/aromatic N) is 3. The van der Waals surface area contributed by atoms with Crippen molar-refractivity contribution in [1.82, 2.24) is 14.8 Å². The van der Waals surface area contributed by atoms with Crippen molar-refractivity contribution >= 4 is 22.5 Å². The third-order valence-electron chi connectivity index (χ3n) is 4.82. The molecule has 0 saturated carbocycles. The van der Waals surface area contributed by atoms with Crippen LogP contribution >= 0.6 is 0 Å². The fourth-order valence-corrected chi connectivity index (χ4v) is 3.39. The SMILES string of the molecule is CCn1nc(-c2ccncc2)cc1NC(=O)CCc1cccc2ccccc12. The normalized spacial score (nSPS) is 10.9. The van der Waals surface area contributed by atoms with Gasteiger partial charge in [0.2, 0.25) is 5.91 Å². The van der Waals surface area contributed by atoms with Crippen LogP contribution in [-0.2, 0) is 17.8 Å². The fraction of sp³-hybridized carbons (Fsp3) is 0.174. The summed E-state index contributed by atoms with van der Waals surface area (Å²) in [5, 5.41) is 10.0. The summed E-state index contributed by atoms with van der Waals surface area (Å²) in [5.41, 5.74) is 3.00. The first kappa shape index (κ1) is 17.9. The number of nitrogens with one attached hydrogen (secondary N) is 1. The van der Waals surface area contributed by atoms with Gasteiger partial charge >= 0.3 is 0 Å². The molecule has 2 heterocycles. The summed E-state index contributed by atoms with van der Waals surface area (Å²) in [4.78, 5) is 16.6. The minimum Gasteiger partial charge on any atom is -0.311 e. The molecular weight excluding hydrogens is 348 g/mol. The molecule has 4 aromatic rings. The Morgan fingerprint density at radius 2 is 1.82 bits per heavy atom. The molecule has 140 valence electrons. The molecule has 0 fully saturated rings. The maximum Gasteiger partial charge on any atom is 0.225 e. The third kappa shape index (κ3) is 3.78. The lowest BCUT2D eigenvalue weighted by Crippen LogP contribution is -2.15. The van der Waals surface area contributed by atoms with Gasteiger partial charge in [-0.2, -0.15) is 5.10 Å². The van der Waals surface area contributed by atoms with Gasteiger partial charge in [0.15, 0.2) is 0 Å². The topological polar surface area (TPSA) is 59.8 Å². The molecule has 0 aliphatic carbocycles. The lowest BCUT2D eigenvalue weighted by molar-refractivity contribution is -0.116. The van der Waals surface area contributed by atoms with Gasteiger partial charge in [-0.3, -0.25) is 9.78 Å². The van der Waals surface area contributed by atoms with Crippen molar-refractivity contribution in [3.8, 4) is 11.3 Å². The minimum atomic E-state index is -0.0104. The van der Waals surface area contributed by atoms with Crippen molar-refractivity contribution in [2.45, 2.75) is 26.3 Å². The molecule has 5 nitrogen and oxygen atoms in total. The van der Waals surface area contributed by atoms with Crippen molar-refractivity contribution in [3.63, 3.8) is 0 Å². The van der Waals surface area contributed by atoms with Crippen LogP contribution in [0.1, 0.15) is 18.9 Å². The van der Waals surface area contributed by atoms with Gasteiger partial charge in [0, 0.05) is 37.0 Å². The molecule has 0 aliphatic heterocycles. The molecule has 28 heavy (non-hydrogen) atoms. The monoisotopic (exact) mass is 370 g/mol. The van der Waals surface area contributed by atoms with E-state index in [0.717, 1.165) is 17.1 Å². The van der Waals surface area contributed by atoms with Crippen LogP contribution in [0, 0.1) is 0 Å². The summed E-state index contributed by atoms with van der Waals surface area (Å²) in [5.74, 6) is 0.709. The van der Waals surface area contributed by atoms with Gasteiger partial charge in [0.1, 0.15) is 5.82 Å². The third-order valence-corrected chi connectivity index (χ3v) is 4.82. The lowest BCUT2D eigenvalue weighted by Gasteiger charge is -2.08. The van der Waals surface area contributed by atoms with E-state index in [-0.39, 0.29) is 5.91 Å². The minimum absolute atomic E-state index is 0.0104. The number of anilines is 1. The van der Waals surface area contributed by atoms with Crippen molar-refractivity contribution in [3.05, 3.63) is 78.6 Å². The second-order valence-corrected chi connectivity index (χ2v) is 6.65. The number of fused-ring (bicyclic) bond motifs is 1. The maximum atomic E-state index is 12.6. The number of aryl methyl sites for hydroxylation is 2. The van der Waals surface area contributed by atoms with Crippen LogP contribution in [-0.4, -0.2) is 20.7 Å². The zero-order valence-corrected chi connectivity index (χ0v) is 15.8. The first-order chi connectivity index (χ1) is 13.7. The summed E-state index contributed by atoms with van der Waals surface area (Å²) < 4.78 is 1.81. The molecule has 2 aromatic carbocycles. The fourth-order valence-electron chi connectivity index (χ4n) is 3.39. The number of hydrogen-bond acceptors (Lipinski definition) is 3. The van der Waals surface area contributed by atoms with E-state index in [9.17, 15) is 4.79 Å². The standard InChI is InChI=1S/C23H22N4O/c1-2-27-22(16-21(26-27)19-12-14-24-15-13-19)25-23(28)11-10-18-8-5-7-17-6-3-4-9-20(17)18/h3-9,12-16H,2,10-11H2,1H3,(H,25,28). The van der Waals surface area contributed by atoms with E-state index in [1.54, 1.807) is 12.4 Å². The van der Waals surface area contributed by atoms with Crippen LogP contribution in [0.5, 0.6) is 0 Å². The van der Waals surface area contributed by atoms with Crippen molar-refractivity contribution in [2.24, 2.45) is 0 Å². The molecule has 0 spiro atoms. The zero-order valence-electron chi connectivity index (χ0n) is 15.8. The lowest BCUT2D eigenvalue weighted by atomic mass is 10.0. The summed E-state index contributed by atoms with van der Waals surface area (Å²) in [6.45, 7) is 2.69. The van der Waals surface area contributed by atoms with Crippen LogP contribution < -0.4 is 5.32 Å². The maximum absolute atomic E-state index is 12.6. The van der Waals surface area contributed by atoms with E-state index in [4.69, 9.17) is 0 Å². The summed E-state index contributed by atoms with van der Waals surface area (Å²) >= 11 is 0. The van der Waals surface area contributed by atoms with E-state index < -0.39 is 0 Å². The highest BCUT2D eigenvalue weighted by Crippen LogP contribution is 2.22. The van der Waals surface area contributed by atoms with Gasteiger partial charge in [-0.1, -0.05) is 42.5 Å². The Morgan fingerprint density at radius 3 is 2.64 bits per heavy atom. The molecule has 1 N–H and O–H groups in total. The average Bonchev–Trinajstić information content (AvgIpc) is 3.15. The highest BCUT2D eigenvalue weighted by molar-refractivity contribution is 5.91. The van der Waals surface area contributed by atoms with Crippen LogP contribution in [0.25, 0.3) is 22.0 Å². The number of hydrogen-bond donors (Lipinski definition) is 1. The Kier molecular flexibility index (Phi) is 5.15. The predicted molar refractivity (Wildman–Crippen MR) is 112 cm³/mol. The summed E-state index contributed by atoms with van der Waals surface area (Å²) in [6.07, 6.45) is 4.60. The van der Waals surface area contributed by atoms with Crippen LogP contribution in [0.4, 0.5) is 5.82 Å². The Balaban J connectivity index is 1.47. The Labute approximate surface area is 164 Å². The number of pyridine rings is 1. The first-order valence-electron chi connectivity index (χ1n) is 9.49. The number of carbonyl (C=O) groups is 1. The van der Waals surface area contributed by atoms with Gasteiger partial charge in [0.25, 0.3) is 0 Å². The van der Waals surface area contributed by atoms with Gasteiger partial charge in [-0.25, -0.2) is 4.68 Å². The van der Waals surface area contributed by atoms with E-state index in [1.165, 1.54) is 16.3 Å². The molecule has 2 aromatic heterocycles. The zero-order chi connectivity index (χ0) is 19.3. The molecule has 0 aliphatic rings. The molecule has 0 atom stereocenters. The number of benzene rings is 2. The second-order valence-electron chi connectivity index (χ2n) is 6.65. The van der Waals surface area contributed by atoms with Crippen molar-refractivity contribution in [2.75, 3.05) is 5.32 Å². The van der Waals surface area contributed by atoms with Gasteiger partial charge in [0.05, 0.1) is 5.69 Å². The highest BCUT2D eigenvalue weighted by atomic mass is 16.1. The van der Waals surface area contributed by atoms with Crippen LogP contribution in [0.3, 0.4) is 0 Å². The smallest absolute Gasteiger partial charge is 0.225 e. The van der Waals surface area contributed by atoms with E-state index in [0.29, 0.717) is 19.4 Å². The average molecular weight is 370 g/mol. The van der Waals surface area contributed by atoms with Gasteiger partial charge in [-0.05, 0) is 41.8 Å². The Hall–Kier alpha value is -3.47. The van der Waals surface area contributed by atoms with Crippen molar-refractivity contribution in [1.29, 1.82) is 0 Å². The van der Waals surface area contributed by atoms with E-state index in [2.05, 4.69) is 39.7 Å². The van der Waals surface area contributed by atoms with Crippen LogP contribution in [0.2, 0.25) is 0 Å². The Bertz CT molecular complexity index is 1100. The largest absolute Gasteiger partial charge is 0.311 e. The summed E-state index contributed by atoms with van der Waals surface area (Å²) in [7, 11) is 0. The number of rotatable bonds is 6. The van der Waals surface area contributed by atoms with Crippen LogP contribution in [0.15, 0.2) is 73.1 Å². The molecule has 0 bridgehead atoms. The number of aromatic nitrogens is 3. The van der Waals surface area contributed by atoms with Gasteiger partial charge < -0.3 is 5.32 Å². The molecule has 4 rings (SSSR count). The number of amides is 1. The molecular formula is C23H22N4O. The van der Waals surface area contributed by atoms with E-state index in [1.807, 2.05) is 48.0 Å². The molecule has 1 amide bonds. The number of carbonyl (C=O) groups excluding carboxylic acids is 1. The quantitative estimate of drug-likeness (QED) is 0.536. The second kappa shape index (κ2) is 8.05.